The predicted octanol–water partition coefficient (Wildman–Crippen LogP) is 3.17. The van der Waals surface area contributed by atoms with E-state index in [1.807, 2.05) is 18.4 Å². The summed E-state index contributed by atoms with van der Waals surface area (Å²) in [4.78, 5) is 20.3. The lowest BCUT2D eigenvalue weighted by Gasteiger charge is -2.26. The van der Waals surface area contributed by atoms with Crippen molar-refractivity contribution in [3.05, 3.63) is 57.0 Å². The van der Waals surface area contributed by atoms with Gasteiger partial charge in [0.1, 0.15) is 13.2 Å². The SMILES string of the molecule is Cc1csc2nc(CN3CCCC3c3ccc4c(c3)OCCO4)cc(=O)n12. The number of benzene rings is 1. The number of aryl methyl sites for hydroxylation is 1. The van der Waals surface area contributed by atoms with E-state index in [1.54, 1.807) is 10.5 Å². The molecule has 6 nitrogen and oxygen atoms in total. The molecule has 0 spiro atoms. The van der Waals surface area contributed by atoms with Gasteiger partial charge < -0.3 is 9.47 Å². The minimum absolute atomic E-state index is 0.00354. The molecule has 1 unspecified atom stereocenters. The van der Waals surface area contributed by atoms with Crippen LogP contribution in [0.3, 0.4) is 0 Å². The molecule has 0 bridgehead atoms. The Labute approximate surface area is 161 Å². The van der Waals surface area contributed by atoms with E-state index in [-0.39, 0.29) is 5.56 Å². The molecule has 27 heavy (non-hydrogen) atoms. The quantitative estimate of drug-likeness (QED) is 0.695. The van der Waals surface area contributed by atoms with E-state index < -0.39 is 0 Å². The van der Waals surface area contributed by atoms with Gasteiger partial charge in [-0.25, -0.2) is 4.98 Å². The van der Waals surface area contributed by atoms with Crippen LogP contribution in [0.4, 0.5) is 0 Å². The number of rotatable bonds is 3. The number of ether oxygens (including phenoxy) is 2. The van der Waals surface area contributed by atoms with Crippen LogP contribution in [0, 0.1) is 6.92 Å². The number of nitrogens with zero attached hydrogens (tertiary/aromatic N) is 3. The third-order valence-electron chi connectivity index (χ3n) is 5.31. The van der Waals surface area contributed by atoms with Crippen molar-refractivity contribution in [3.8, 4) is 11.5 Å². The molecule has 1 fully saturated rings. The van der Waals surface area contributed by atoms with E-state index in [4.69, 9.17) is 14.5 Å². The zero-order chi connectivity index (χ0) is 18.4. The fourth-order valence-electron chi connectivity index (χ4n) is 4.05. The van der Waals surface area contributed by atoms with E-state index in [9.17, 15) is 4.79 Å². The molecule has 1 aromatic carbocycles. The normalized spacial score (nSPS) is 19.7. The van der Waals surface area contributed by atoms with Crippen LogP contribution in [0.2, 0.25) is 0 Å². The lowest BCUT2D eigenvalue weighted by Crippen LogP contribution is -2.25. The Bertz CT molecular complexity index is 1060. The highest BCUT2D eigenvalue weighted by Gasteiger charge is 2.28. The Balaban J connectivity index is 1.42. The van der Waals surface area contributed by atoms with Gasteiger partial charge in [-0.2, -0.15) is 0 Å². The fraction of sp³-hybridized carbons (Fsp3) is 0.400. The second-order valence-electron chi connectivity index (χ2n) is 7.11. The van der Waals surface area contributed by atoms with Crippen molar-refractivity contribution in [2.24, 2.45) is 0 Å². The molecule has 0 radical (unpaired) electrons. The standard InChI is InChI=1S/C20H21N3O3S/c1-13-12-27-20-21-15(10-19(24)23(13)20)11-22-6-2-3-16(22)14-4-5-17-18(9-14)26-8-7-25-17/h4-5,9-10,12,16H,2-3,6-8,11H2,1H3. The molecule has 0 amide bonds. The summed E-state index contributed by atoms with van der Waals surface area (Å²) in [6, 6.07) is 8.22. The summed E-state index contributed by atoms with van der Waals surface area (Å²) >= 11 is 1.52. The van der Waals surface area contributed by atoms with Crippen LogP contribution in [0.5, 0.6) is 11.5 Å². The minimum Gasteiger partial charge on any atom is -0.486 e. The molecule has 0 N–H and O–H groups in total. The molecule has 2 aliphatic rings. The predicted molar refractivity (Wildman–Crippen MR) is 104 cm³/mol. The van der Waals surface area contributed by atoms with Gasteiger partial charge in [0.15, 0.2) is 16.5 Å². The molecule has 2 aliphatic heterocycles. The zero-order valence-electron chi connectivity index (χ0n) is 15.2. The topological polar surface area (TPSA) is 56.1 Å². The lowest BCUT2D eigenvalue weighted by molar-refractivity contribution is 0.170. The van der Waals surface area contributed by atoms with E-state index in [0.29, 0.717) is 25.8 Å². The Morgan fingerprint density at radius 1 is 1.22 bits per heavy atom. The molecule has 3 aromatic rings. The maximum Gasteiger partial charge on any atom is 0.259 e. The summed E-state index contributed by atoms with van der Waals surface area (Å²) in [5, 5.41) is 1.97. The van der Waals surface area contributed by atoms with Crippen LogP contribution in [-0.2, 0) is 6.54 Å². The van der Waals surface area contributed by atoms with Crippen LogP contribution in [0.25, 0.3) is 4.96 Å². The molecule has 0 aliphatic carbocycles. The summed E-state index contributed by atoms with van der Waals surface area (Å²) in [6.07, 6.45) is 2.23. The van der Waals surface area contributed by atoms with Crippen LogP contribution in [0.15, 0.2) is 34.4 Å². The molecular formula is C20H21N3O3S. The molecule has 140 valence electrons. The first-order valence-corrected chi connectivity index (χ1v) is 10.2. The highest BCUT2D eigenvalue weighted by atomic mass is 32.1. The summed E-state index contributed by atoms with van der Waals surface area (Å²) in [5.41, 5.74) is 3.02. The average Bonchev–Trinajstić information content (AvgIpc) is 3.28. The van der Waals surface area contributed by atoms with Crippen molar-refractivity contribution < 1.29 is 9.47 Å². The number of thiazole rings is 1. The van der Waals surface area contributed by atoms with Crippen molar-refractivity contribution in [3.63, 3.8) is 0 Å². The van der Waals surface area contributed by atoms with E-state index >= 15 is 0 Å². The molecule has 7 heteroatoms. The van der Waals surface area contributed by atoms with Gasteiger partial charge in [0.2, 0.25) is 0 Å². The maximum absolute atomic E-state index is 12.4. The van der Waals surface area contributed by atoms with Gasteiger partial charge in [-0.15, -0.1) is 11.3 Å². The van der Waals surface area contributed by atoms with Crippen LogP contribution in [0.1, 0.15) is 35.8 Å². The average molecular weight is 383 g/mol. The number of aromatic nitrogens is 2. The first-order valence-electron chi connectivity index (χ1n) is 9.29. The van der Waals surface area contributed by atoms with E-state index in [2.05, 4.69) is 17.0 Å². The van der Waals surface area contributed by atoms with Gasteiger partial charge in [-0.05, 0) is 44.0 Å². The second kappa shape index (κ2) is 6.65. The number of hydrogen-bond donors (Lipinski definition) is 0. The van der Waals surface area contributed by atoms with E-state index in [1.165, 1.54) is 16.9 Å². The van der Waals surface area contributed by atoms with Crippen molar-refractivity contribution in [1.82, 2.24) is 14.3 Å². The highest BCUT2D eigenvalue weighted by molar-refractivity contribution is 7.15. The smallest absolute Gasteiger partial charge is 0.259 e. The number of fused-ring (bicyclic) bond motifs is 2. The Morgan fingerprint density at radius 2 is 2.07 bits per heavy atom. The van der Waals surface area contributed by atoms with Gasteiger partial charge in [0.25, 0.3) is 5.56 Å². The fourth-order valence-corrected chi connectivity index (χ4v) is 4.94. The molecule has 0 saturated carbocycles. The number of likely N-dealkylation sites (tertiary alicyclic amines) is 1. The van der Waals surface area contributed by atoms with Crippen molar-refractivity contribution in [2.45, 2.75) is 32.4 Å². The maximum atomic E-state index is 12.4. The Morgan fingerprint density at radius 3 is 2.96 bits per heavy atom. The van der Waals surface area contributed by atoms with Gasteiger partial charge in [-0.1, -0.05) is 6.07 Å². The Kier molecular flexibility index (Phi) is 4.13. The third-order valence-corrected chi connectivity index (χ3v) is 6.25. The molecule has 5 rings (SSSR count). The summed E-state index contributed by atoms with van der Waals surface area (Å²) < 4.78 is 13.1. The first-order chi connectivity index (χ1) is 13.2. The van der Waals surface area contributed by atoms with Gasteiger partial charge in [0, 0.05) is 29.7 Å². The van der Waals surface area contributed by atoms with Crippen molar-refractivity contribution >= 4 is 16.3 Å². The van der Waals surface area contributed by atoms with Crippen molar-refractivity contribution in [1.29, 1.82) is 0 Å². The summed E-state index contributed by atoms with van der Waals surface area (Å²) in [6.45, 7) is 4.82. The van der Waals surface area contributed by atoms with Crippen LogP contribution >= 0.6 is 11.3 Å². The summed E-state index contributed by atoms with van der Waals surface area (Å²) in [5.74, 6) is 1.65. The second-order valence-corrected chi connectivity index (χ2v) is 7.95. The third kappa shape index (κ3) is 3.00. The van der Waals surface area contributed by atoms with Crippen molar-refractivity contribution in [2.75, 3.05) is 19.8 Å². The molecular weight excluding hydrogens is 362 g/mol. The zero-order valence-corrected chi connectivity index (χ0v) is 16.0. The van der Waals surface area contributed by atoms with Gasteiger partial charge >= 0.3 is 0 Å². The first kappa shape index (κ1) is 16.8. The molecule has 1 atom stereocenters. The largest absolute Gasteiger partial charge is 0.486 e. The molecule has 4 heterocycles. The lowest BCUT2D eigenvalue weighted by atomic mass is 10.0. The number of hydrogen-bond acceptors (Lipinski definition) is 6. The molecule has 1 saturated heterocycles. The van der Waals surface area contributed by atoms with Gasteiger partial charge in [0.05, 0.1) is 5.69 Å². The molecule has 2 aromatic heterocycles. The van der Waals surface area contributed by atoms with E-state index in [0.717, 1.165) is 47.2 Å². The highest BCUT2D eigenvalue weighted by Crippen LogP contribution is 2.38. The van der Waals surface area contributed by atoms with Crippen LogP contribution in [-0.4, -0.2) is 34.0 Å². The Hall–Kier alpha value is -2.38. The van der Waals surface area contributed by atoms with Crippen LogP contribution < -0.4 is 15.0 Å². The monoisotopic (exact) mass is 383 g/mol. The minimum atomic E-state index is 0.00354. The van der Waals surface area contributed by atoms with Gasteiger partial charge in [-0.3, -0.25) is 14.1 Å². The summed E-state index contributed by atoms with van der Waals surface area (Å²) in [7, 11) is 0.